The highest BCUT2D eigenvalue weighted by Gasteiger charge is 2.18. The van der Waals surface area contributed by atoms with Crippen LogP contribution in [0.1, 0.15) is 37.0 Å². The molecule has 0 bridgehead atoms. The van der Waals surface area contributed by atoms with E-state index in [-0.39, 0.29) is 16.5 Å². The molecule has 1 aromatic carbocycles. The van der Waals surface area contributed by atoms with Crippen LogP contribution in [0.2, 0.25) is 0 Å². The fraction of sp³-hybridized carbons (Fsp3) is 0.462. The molecule has 0 aliphatic heterocycles. The molecule has 0 aromatic heterocycles. The number of rotatable bonds is 6. The Kier molecular flexibility index (Phi) is 5.39. The lowest BCUT2D eigenvalue weighted by atomic mass is 10.2. The van der Waals surface area contributed by atoms with Crippen LogP contribution < -0.4 is 5.11 Å². The maximum atomic E-state index is 10.6. The first-order chi connectivity index (χ1) is 7.69. The first-order valence-electron chi connectivity index (χ1n) is 5.68. The molecule has 0 fully saturated rings. The van der Waals surface area contributed by atoms with Crippen molar-refractivity contribution >= 4 is 16.9 Å². The highest BCUT2D eigenvalue weighted by molar-refractivity contribution is 7.96. The Morgan fingerprint density at radius 2 is 1.62 bits per heavy atom. The molecule has 1 rings (SSSR count). The van der Waals surface area contributed by atoms with E-state index >= 15 is 0 Å². The first kappa shape index (κ1) is 13.1. The molecule has 0 radical (unpaired) electrons. The molecule has 0 amide bonds. The summed E-state index contributed by atoms with van der Waals surface area (Å²) in [5, 5.41) is 10.6. The van der Waals surface area contributed by atoms with E-state index in [9.17, 15) is 9.90 Å². The Labute approximate surface area is 100 Å². The number of hydrogen-bond acceptors (Lipinski definition) is 2. The summed E-state index contributed by atoms with van der Waals surface area (Å²) >= 11 is 0. The van der Waals surface area contributed by atoms with E-state index in [4.69, 9.17) is 0 Å². The second kappa shape index (κ2) is 6.59. The average molecular weight is 238 g/mol. The zero-order valence-corrected chi connectivity index (χ0v) is 10.7. The van der Waals surface area contributed by atoms with Crippen LogP contribution in [-0.2, 0) is 10.9 Å². The molecule has 88 valence electrons. The van der Waals surface area contributed by atoms with Crippen LogP contribution in [0, 0.1) is 0 Å². The van der Waals surface area contributed by atoms with Gasteiger partial charge in [-0.25, -0.2) is 0 Å². The minimum atomic E-state index is -1.10. The van der Waals surface area contributed by atoms with Crippen LogP contribution in [-0.4, -0.2) is 17.5 Å². The minimum absolute atomic E-state index is 0.264. The maximum absolute atomic E-state index is 10.6. The van der Waals surface area contributed by atoms with Gasteiger partial charge in [-0.05, 0) is 42.7 Å². The fourth-order valence-corrected chi connectivity index (χ4v) is 3.80. The maximum Gasteiger partial charge on any atom is 0.154 e. The van der Waals surface area contributed by atoms with E-state index in [1.807, 2.05) is 12.1 Å². The molecule has 0 unspecified atom stereocenters. The Morgan fingerprint density at radius 3 is 2.00 bits per heavy atom. The van der Waals surface area contributed by atoms with E-state index < -0.39 is 5.97 Å². The Bertz CT molecular complexity index is 326. The van der Waals surface area contributed by atoms with Crippen LogP contribution in [0.15, 0.2) is 29.2 Å². The van der Waals surface area contributed by atoms with Gasteiger partial charge in [0.15, 0.2) is 4.90 Å². The summed E-state index contributed by atoms with van der Waals surface area (Å²) in [6, 6.07) is 7.16. The van der Waals surface area contributed by atoms with Crippen molar-refractivity contribution in [2.45, 2.75) is 31.6 Å². The number of carboxylic acid groups (broad SMARTS) is 1. The summed E-state index contributed by atoms with van der Waals surface area (Å²) in [4.78, 5) is 11.9. The normalized spacial score (nSPS) is 10.7. The monoisotopic (exact) mass is 238 g/mol. The number of carboxylic acids is 1. The van der Waals surface area contributed by atoms with Crippen molar-refractivity contribution in [1.82, 2.24) is 0 Å². The van der Waals surface area contributed by atoms with Crippen LogP contribution in [0.3, 0.4) is 0 Å². The molecule has 0 heterocycles. The van der Waals surface area contributed by atoms with Gasteiger partial charge >= 0.3 is 0 Å². The van der Waals surface area contributed by atoms with Gasteiger partial charge in [-0.15, -0.1) is 0 Å². The van der Waals surface area contributed by atoms with Crippen molar-refractivity contribution in [2.24, 2.45) is 0 Å². The summed E-state index contributed by atoms with van der Waals surface area (Å²) in [5.74, 6) is 1.29. The Hall–Kier alpha value is -0.960. The third kappa shape index (κ3) is 3.56. The van der Waals surface area contributed by atoms with Crippen LogP contribution in [0.25, 0.3) is 0 Å². The molecule has 0 saturated carbocycles. The summed E-state index contributed by atoms with van der Waals surface area (Å²) in [6.45, 7) is 4.37. The molecule has 0 aliphatic rings. The molecule has 1 aromatic rings. The van der Waals surface area contributed by atoms with Crippen molar-refractivity contribution in [3.8, 4) is 0 Å². The second-order valence-corrected chi connectivity index (χ2v) is 5.99. The van der Waals surface area contributed by atoms with Gasteiger partial charge < -0.3 is 9.90 Å². The molecule has 3 heteroatoms. The third-order valence-corrected chi connectivity index (χ3v) is 5.07. The molecule has 0 atom stereocenters. The summed E-state index contributed by atoms with van der Waals surface area (Å²) < 4.78 is 0. The molecule has 2 nitrogen and oxygen atoms in total. The van der Waals surface area contributed by atoms with Gasteiger partial charge in [0.2, 0.25) is 0 Å². The smallest absolute Gasteiger partial charge is 0.154 e. The first-order valence-corrected chi connectivity index (χ1v) is 7.24. The number of hydrogen-bond donors (Lipinski definition) is 0. The zero-order chi connectivity index (χ0) is 12.0. The van der Waals surface area contributed by atoms with Crippen molar-refractivity contribution in [3.05, 3.63) is 29.8 Å². The minimum Gasteiger partial charge on any atom is -0.545 e. The largest absolute Gasteiger partial charge is 0.545 e. The van der Waals surface area contributed by atoms with Crippen LogP contribution in [0.4, 0.5) is 0 Å². The predicted octanol–water partition coefficient (Wildman–Crippen LogP) is 1.85. The van der Waals surface area contributed by atoms with Gasteiger partial charge in [0, 0.05) is 10.9 Å². The predicted molar refractivity (Wildman–Crippen MR) is 66.7 cm³/mol. The second-order valence-electron chi connectivity index (χ2n) is 3.71. The van der Waals surface area contributed by atoms with E-state index in [1.165, 1.54) is 29.2 Å². The standard InChI is InChI=1S/C13H18O2S/c1-3-9-16(10-4-2)12-7-5-11(6-8-12)13(14)15/h5-8H,3-4,9-10H2,1-2H3. The van der Waals surface area contributed by atoms with Gasteiger partial charge in [-0.3, -0.25) is 0 Å². The van der Waals surface area contributed by atoms with E-state index in [1.54, 1.807) is 12.1 Å². The topological polar surface area (TPSA) is 40.1 Å². The molecular weight excluding hydrogens is 220 g/mol. The number of carbonyl (C=O) groups excluding carboxylic acids is 1. The molecular formula is C13H18O2S. The average Bonchev–Trinajstić information content (AvgIpc) is 2.29. The molecule has 0 N–H and O–H groups in total. The number of benzene rings is 1. The number of aromatic carboxylic acids is 1. The van der Waals surface area contributed by atoms with Gasteiger partial charge in [-0.1, -0.05) is 13.8 Å². The lowest BCUT2D eigenvalue weighted by Crippen LogP contribution is -2.22. The van der Waals surface area contributed by atoms with E-state index in [0.717, 1.165) is 0 Å². The summed E-state index contributed by atoms with van der Waals surface area (Å²) in [5.41, 5.74) is 0.264. The quantitative estimate of drug-likeness (QED) is 0.710. The van der Waals surface area contributed by atoms with E-state index in [2.05, 4.69) is 13.8 Å². The number of carbonyl (C=O) groups is 1. The van der Waals surface area contributed by atoms with Gasteiger partial charge in [0.25, 0.3) is 0 Å². The van der Waals surface area contributed by atoms with Crippen molar-refractivity contribution in [3.63, 3.8) is 0 Å². The van der Waals surface area contributed by atoms with Crippen LogP contribution >= 0.6 is 0 Å². The molecule has 0 saturated heterocycles. The summed E-state index contributed by atoms with van der Waals surface area (Å²) in [6.07, 6.45) is 2.34. The highest BCUT2D eigenvalue weighted by atomic mass is 32.2. The SMILES string of the molecule is CCC[S+](CCC)c1ccc(C(=O)[O-])cc1. The van der Waals surface area contributed by atoms with E-state index in [0.29, 0.717) is 0 Å². The van der Waals surface area contributed by atoms with Crippen LogP contribution in [0.5, 0.6) is 0 Å². The van der Waals surface area contributed by atoms with Gasteiger partial charge in [0.1, 0.15) is 11.5 Å². The van der Waals surface area contributed by atoms with Crippen molar-refractivity contribution < 1.29 is 9.90 Å². The lowest BCUT2D eigenvalue weighted by molar-refractivity contribution is -0.255. The molecule has 16 heavy (non-hydrogen) atoms. The highest BCUT2D eigenvalue weighted by Crippen LogP contribution is 2.17. The molecule has 0 spiro atoms. The van der Waals surface area contributed by atoms with Crippen molar-refractivity contribution in [1.29, 1.82) is 0 Å². The molecule has 0 aliphatic carbocycles. The Morgan fingerprint density at radius 1 is 1.12 bits per heavy atom. The van der Waals surface area contributed by atoms with Gasteiger partial charge in [0.05, 0.1) is 5.97 Å². The third-order valence-electron chi connectivity index (χ3n) is 2.32. The summed E-state index contributed by atoms with van der Waals surface area (Å²) in [7, 11) is 0.277. The fourth-order valence-electron chi connectivity index (χ4n) is 1.61. The zero-order valence-electron chi connectivity index (χ0n) is 9.86. The van der Waals surface area contributed by atoms with Gasteiger partial charge in [-0.2, -0.15) is 0 Å². The lowest BCUT2D eigenvalue weighted by Gasteiger charge is -2.07. The van der Waals surface area contributed by atoms with Crippen molar-refractivity contribution in [2.75, 3.05) is 11.5 Å². The Balaban J connectivity index is 2.80.